The van der Waals surface area contributed by atoms with Crippen LogP contribution in [0.5, 0.6) is 0 Å². The number of carbonyl (C=O) groups excluding carboxylic acids is 2. The Morgan fingerprint density at radius 2 is 2.05 bits per heavy atom. The van der Waals surface area contributed by atoms with Crippen LogP contribution < -0.4 is 5.32 Å². The molecule has 120 valence electrons. The zero-order chi connectivity index (χ0) is 15.5. The summed E-state index contributed by atoms with van der Waals surface area (Å²) in [5, 5.41) is 12.8. The number of amides is 2. The fraction of sp³-hybridized carbons (Fsp3) is 0.733. The third kappa shape index (κ3) is 3.29. The van der Waals surface area contributed by atoms with Crippen molar-refractivity contribution >= 4 is 23.2 Å². The molecule has 1 saturated carbocycles. The van der Waals surface area contributed by atoms with Crippen LogP contribution in [0, 0.1) is 5.92 Å². The Morgan fingerprint density at radius 3 is 2.73 bits per heavy atom. The van der Waals surface area contributed by atoms with Gasteiger partial charge in [-0.25, -0.2) is 0 Å². The molecule has 2 heterocycles. The van der Waals surface area contributed by atoms with Gasteiger partial charge in [-0.2, -0.15) is 0 Å². The summed E-state index contributed by atoms with van der Waals surface area (Å²) in [4.78, 5) is 26.3. The molecule has 1 saturated heterocycles. The predicted octanol–water partition coefficient (Wildman–Crippen LogP) is 1.51. The van der Waals surface area contributed by atoms with Crippen LogP contribution in [0.4, 0.5) is 0 Å². The van der Waals surface area contributed by atoms with Crippen molar-refractivity contribution < 1.29 is 9.59 Å². The highest BCUT2D eigenvalue weighted by atomic mass is 32.1. The number of hydrogen-bond donors (Lipinski definition) is 1. The first-order valence-corrected chi connectivity index (χ1v) is 8.87. The molecule has 22 heavy (non-hydrogen) atoms. The van der Waals surface area contributed by atoms with Crippen molar-refractivity contribution in [2.75, 3.05) is 6.54 Å². The highest BCUT2D eigenvalue weighted by molar-refractivity contribution is 7.11. The topological polar surface area (TPSA) is 75.2 Å². The van der Waals surface area contributed by atoms with Crippen molar-refractivity contribution in [1.82, 2.24) is 20.4 Å². The van der Waals surface area contributed by atoms with Crippen molar-refractivity contribution in [1.29, 1.82) is 0 Å². The number of nitrogens with zero attached hydrogens (tertiary/aromatic N) is 3. The van der Waals surface area contributed by atoms with Gasteiger partial charge in [0.1, 0.15) is 10.0 Å². The first-order chi connectivity index (χ1) is 10.7. The highest BCUT2D eigenvalue weighted by Gasteiger charge is 2.38. The van der Waals surface area contributed by atoms with E-state index < -0.39 is 0 Å². The third-order valence-corrected chi connectivity index (χ3v) is 5.59. The number of likely N-dealkylation sites (tertiary alicyclic amines) is 1. The van der Waals surface area contributed by atoms with E-state index in [2.05, 4.69) is 15.5 Å². The van der Waals surface area contributed by atoms with Crippen LogP contribution in [0.3, 0.4) is 0 Å². The SMILES string of the molecule is CCc1nnc(CNC(=O)C2CC(=O)N(C3CCCC3)C2)s1. The normalized spacial score (nSPS) is 22.5. The average Bonchev–Trinajstić information content (AvgIpc) is 3.24. The maximum absolute atomic E-state index is 12.3. The summed E-state index contributed by atoms with van der Waals surface area (Å²) in [7, 11) is 0. The van der Waals surface area contributed by atoms with Crippen LogP contribution in [-0.2, 0) is 22.6 Å². The summed E-state index contributed by atoms with van der Waals surface area (Å²) < 4.78 is 0. The number of aryl methyl sites for hydroxylation is 1. The Balaban J connectivity index is 1.51. The quantitative estimate of drug-likeness (QED) is 0.891. The average molecular weight is 322 g/mol. The van der Waals surface area contributed by atoms with Crippen LogP contribution in [-0.4, -0.2) is 39.5 Å². The van der Waals surface area contributed by atoms with Gasteiger partial charge in [0.15, 0.2) is 0 Å². The first-order valence-electron chi connectivity index (χ1n) is 8.05. The molecule has 1 aliphatic carbocycles. The van der Waals surface area contributed by atoms with E-state index in [9.17, 15) is 9.59 Å². The molecule has 0 radical (unpaired) electrons. The van der Waals surface area contributed by atoms with Crippen molar-refractivity contribution in [2.45, 2.75) is 58.0 Å². The number of aromatic nitrogens is 2. The van der Waals surface area contributed by atoms with E-state index in [1.165, 1.54) is 24.2 Å². The fourth-order valence-electron chi connectivity index (χ4n) is 3.29. The molecule has 1 aromatic rings. The zero-order valence-electron chi connectivity index (χ0n) is 12.9. The molecular formula is C15H22N4O2S. The van der Waals surface area contributed by atoms with Gasteiger partial charge in [0.05, 0.1) is 12.5 Å². The molecular weight excluding hydrogens is 300 g/mol. The maximum Gasteiger partial charge on any atom is 0.225 e. The molecule has 0 spiro atoms. The van der Waals surface area contributed by atoms with E-state index in [4.69, 9.17) is 0 Å². The summed E-state index contributed by atoms with van der Waals surface area (Å²) in [6.07, 6.45) is 5.78. The fourth-order valence-corrected chi connectivity index (χ4v) is 4.01. The van der Waals surface area contributed by atoms with E-state index in [1.54, 1.807) is 0 Å². The van der Waals surface area contributed by atoms with Gasteiger partial charge in [-0.05, 0) is 19.3 Å². The molecule has 0 bridgehead atoms. The summed E-state index contributed by atoms with van der Waals surface area (Å²) in [6.45, 7) is 3.01. The Kier molecular flexibility index (Phi) is 4.71. The summed E-state index contributed by atoms with van der Waals surface area (Å²) in [6, 6.07) is 0.362. The van der Waals surface area contributed by atoms with Crippen molar-refractivity contribution in [2.24, 2.45) is 5.92 Å². The molecule has 1 unspecified atom stereocenters. The number of hydrogen-bond acceptors (Lipinski definition) is 5. The van der Waals surface area contributed by atoms with Crippen LogP contribution in [0.1, 0.15) is 49.0 Å². The first kappa shape index (κ1) is 15.4. The second-order valence-electron chi connectivity index (χ2n) is 6.05. The minimum absolute atomic E-state index is 0.0397. The number of carbonyl (C=O) groups is 2. The molecule has 1 N–H and O–H groups in total. The largest absolute Gasteiger partial charge is 0.349 e. The van der Waals surface area contributed by atoms with Gasteiger partial charge in [0.2, 0.25) is 11.8 Å². The molecule has 2 fully saturated rings. The van der Waals surface area contributed by atoms with Crippen LogP contribution >= 0.6 is 11.3 Å². The predicted molar refractivity (Wildman–Crippen MR) is 83.2 cm³/mol. The lowest BCUT2D eigenvalue weighted by Gasteiger charge is -2.23. The minimum Gasteiger partial charge on any atom is -0.349 e. The van der Waals surface area contributed by atoms with Crippen LogP contribution in [0.15, 0.2) is 0 Å². The Morgan fingerprint density at radius 1 is 1.32 bits per heavy atom. The second-order valence-corrected chi connectivity index (χ2v) is 7.19. The maximum atomic E-state index is 12.3. The van der Waals surface area contributed by atoms with Crippen molar-refractivity contribution in [3.8, 4) is 0 Å². The van der Waals surface area contributed by atoms with E-state index in [0.29, 0.717) is 25.6 Å². The van der Waals surface area contributed by atoms with Gasteiger partial charge in [0.25, 0.3) is 0 Å². The molecule has 1 atom stereocenters. The lowest BCUT2D eigenvalue weighted by atomic mass is 10.1. The lowest BCUT2D eigenvalue weighted by Crippen LogP contribution is -2.36. The third-order valence-electron chi connectivity index (χ3n) is 4.52. The smallest absolute Gasteiger partial charge is 0.225 e. The second kappa shape index (κ2) is 6.73. The van der Waals surface area contributed by atoms with Gasteiger partial charge < -0.3 is 10.2 Å². The standard InChI is InChI=1S/C15H22N4O2S/c1-2-12-17-18-13(22-12)8-16-15(21)10-7-14(20)19(9-10)11-5-3-4-6-11/h10-11H,2-9H2,1H3,(H,16,21). The molecule has 2 amide bonds. The minimum atomic E-state index is -0.216. The van der Waals surface area contributed by atoms with E-state index in [-0.39, 0.29) is 17.7 Å². The zero-order valence-corrected chi connectivity index (χ0v) is 13.7. The van der Waals surface area contributed by atoms with Gasteiger partial charge >= 0.3 is 0 Å². The summed E-state index contributed by atoms with van der Waals surface area (Å²) in [5.41, 5.74) is 0. The molecule has 3 rings (SSSR count). The number of nitrogens with one attached hydrogen (secondary N) is 1. The molecule has 6 nitrogen and oxygen atoms in total. The Labute approximate surface area is 134 Å². The molecule has 1 aliphatic heterocycles. The summed E-state index contributed by atoms with van der Waals surface area (Å²) >= 11 is 1.52. The Hall–Kier alpha value is -1.50. The van der Waals surface area contributed by atoms with E-state index in [1.807, 2.05) is 11.8 Å². The van der Waals surface area contributed by atoms with Crippen LogP contribution in [0.25, 0.3) is 0 Å². The van der Waals surface area contributed by atoms with E-state index in [0.717, 1.165) is 29.3 Å². The van der Waals surface area contributed by atoms with Gasteiger partial charge in [-0.1, -0.05) is 31.1 Å². The summed E-state index contributed by atoms with van der Waals surface area (Å²) in [5.74, 6) is -0.120. The van der Waals surface area contributed by atoms with Gasteiger partial charge in [-0.15, -0.1) is 10.2 Å². The van der Waals surface area contributed by atoms with Crippen molar-refractivity contribution in [3.05, 3.63) is 10.0 Å². The molecule has 1 aromatic heterocycles. The monoisotopic (exact) mass is 322 g/mol. The Bertz CT molecular complexity index is 553. The highest BCUT2D eigenvalue weighted by Crippen LogP contribution is 2.29. The van der Waals surface area contributed by atoms with Crippen LogP contribution in [0.2, 0.25) is 0 Å². The van der Waals surface area contributed by atoms with Crippen molar-refractivity contribution in [3.63, 3.8) is 0 Å². The van der Waals surface area contributed by atoms with Gasteiger partial charge in [0, 0.05) is 19.0 Å². The number of rotatable bonds is 5. The lowest BCUT2D eigenvalue weighted by molar-refractivity contribution is -0.130. The molecule has 7 heteroatoms. The van der Waals surface area contributed by atoms with Gasteiger partial charge in [-0.3, -0.25) is 9.59 Å². The molecule has 0 aromatic carbocycles. The molecule has 2 aliphatic rings. The van der Waals surface area contributed by atoms with E-state index >= 15 is 0 Å².